The number of sulfonamides is 1. The van der Waals surface area contributed by atoms with Crippen LogP contribution in [-0.4, -0.2) is 26.2 Å². The van der Waals surface area contributed by atoms with Gasteiger partial charge >= 0.3 is 0 Å². The largest absolute Gasteiger partial charge is 0.395 e. The predicted octanol–water partition coefficient (Wildman–Crippen LogP) is 1.25. The normalized spacial score (nSPS) is 13.8. The van der Waals surface area contributed by atoms with Crippen molar-refractivity contribution in [3.05, 3.63) is 28.5 Å². The first-order chi connectivity index (χ1) is 7.36. The van der Waals surface area contributed by atoms with Crippen LogP contribution >= 0.6 is 15.9 Å². The molecular weight excluding hydrogens is 301 g/mol. The smallest absolute Gasteiger partial charge is 0.243 e. The van der Waals surface area contributed by atoms with Crippen LogP contribution in [-0.2, 0) is 10.0 Å². The zero-order valence-electron chi connectivity index (χ0n) is 8.44. The maximum absolute atomic E-state index is 13.4. The van der Waals surface area contributed by atoms with Gasteiger partial charge in [-0.2, -0.15) is 0 Å². The first-order valence-electron chi connectivity index (χ1n) is 4.45. The zero-order valence-corrected chi connectivity index (χ0v) is 10.8. The Balaban J connectivity index is 3.08. The molecule has 2 N–H and O–H groups in total. The van der Waals surface area contributed by atoms with Crippen molar-refractivity contribution in [2.45, 2.75) is 17.9 Å². The maximum atomic E-state index is 13.4. The quantitative estimate of drug-likeness (QED) is 0.879. The summed E-state index contributed by atoms with van der Waals surface area (Å²) in [5, 5.41) is 8.73. The molecule has 90 valence electrons. The molecule has 0 spiro atoms. The highest BCUT2D eigenvalue weighted by atomic mass is 79.9. The molecule has 0 radical (unpaired) electrons. The Morgan fingerprint density at radius 1 is 1.56 bits per heavy atom. The number of aliphatic hydroxyl groups is 1. The lowest BCUT2D eigenvalue weighted by Gasteiger charge is -2.12. The minimum Gasteiger partial charge on any atom is -0.395 e. The number of halogens is 2. The van der Waals surface area contributed by atoms with Crippen LogP contribution in [0.4, 0.5) is 4.39 Å². The fourth-order valence-corrected chi connectivity index (χ4v) is 2.69. The summed E-state index contributed by atoms with van der Waals surface area (Å²) in [5.41, 5.74) is 0. The number of hydrogen-bond acceptors (Lipinski definition) is 3. The lowest BCUT2D eigenvalue weighted by atomic mass is 10.3. The van der Waals surface area contributed by atoms with E-state index in [0.717, 1.165) is 12.1 Å². The lowest BCUT2D eigenvalue weighted by molar-refractivity contribution is 0.265. The molecule has 0 heterocycles. The Labute approximate surface area is 102 Å². The van der Waals surface area contributed by atoms with Crippen LogP contribution in [0.5, 0.6) is 0 Å². The Kier molecular flexibility index (Phi) is 4.43. The summed E-state index contributed by atoms with van der Waals surface area (Å²) in [4.78, 5) is -0.434. The van der Waals surface area contributed by atoms with Crippen LogP contribution in [0.15, 0.2) is 27.6 Å². The molecule has 0 bridgehead atoms. The minimum absolute atomic E-state index is 0.350. The minimum atomic E-state index is -3.92. The molecule has 0 aliphatic heterocycles. The van der Waals surface area contributed by atoms with Crippen LogP contribution in [0.2, 0.25) is 0 Å². The third-order valence-electron chi connectivity index (χ3n) is 1.81. The summed E-state index contributed by atoms with van der Waals surface area (Å²) in [6, 6.07) is 3.00. The summed E-state index contributed by atoms with van der Waals surface area (Å²) in [6.45, 7) is 1.13. The van der Waals surface area contributed by atoms with Gasteiger partial charge in [-0.25, -0.2) is 17.5 Å². The lowest BCUT2D eigenvalue weighted by Crippen LogP contribution is -2.35. The monoisotopic (exact) mass is 311 g/mol. The van der Waals surface area contributed by atoms with E-state index in [1.165, 1.54) is 13.0 Å². The van der Waals surface area contributed by atoms with Crippen molar-refractivity contribution in [2.24, 2.45) is 0 Å². The number of benzene rings is 1. The summed E-state index contributed by atoms with van der Waals surface area (Å²) in [7, 11) is -3.92. The second kappa shape index (κ2) is 5.22. The van der Waals surface area contributed by atoms with Gasteiger partial charge in [-0.05, 0) is 25.1 Å². The highest BCUT2D eigenvalue weighted by Gasteiger charge is 2.20. The molecule has 0 unspecified atom stereocenters. The summed E-state index contributed by atoms with van der Waals surface area (Å²) in [5.74, 6) is -0.841. The second-order valence-corrected chi connectivity index (χ2v) is 5.88. The second-order valence-electron chi connectivity index (χ2n) is 3.28. The van der Waals surface area contributed by atoms with Gasteiger partial charge < -0.3 is 5.11 Å². The van der Waals surface area contributed by atoms with Gasteiger partial charge in [0.25, 0.3) is 0 Å². The van der Waals surface area contributed by atoms with E-state index >= 15 is 0 Å². The maximum Gasteiger partial charge on any atom is 0.243 e. The fraction of sp³-hybridized carbons (Fsp3) is 0.333. The first kappa shape index (κ1) is 13.6. The number of hydrogen-bond donors (Lipinski definition) is 2. The van der Waals surface area contributed by atoms with Gasteiger partial charge in [-0.1, -0.05) is 15.9 Å². The number of aliphatic hydroxyl groups excluding tert-OH is 1. The van der Waals surface area contributed by atoms with Crippen LogP contribution in [0.1, 0.15) is 6.92 Å². The van der Waals surface area contributed by atoms with Crippen LogP contribution < -0.4 is 4.72 Å². The van der Waals surface area contributed by atoms with E-state index in [4.69, 9.17) is 5.11 Å². The van der Waals surface area contributed by atoms with Crippen molar-refractivity contribution in [1.82, 2.24) is 4.72 Å². The molecule has 0 aliphatic rings. The number of rotatable bonds is 4. The average molecular weight is 312 g/mol. The fourth-order valence-electron chi connectivity index (χ4n) is 1.06. The molecule has 0 saturated heterocycles. The van der Waals surface area contributed by atoms with Crippen molar-refractivity contribution in [2.75, 3.05) is 6.61 Å². The van der Waals surface area contributed by atoms with Crippen molar-refractivity contribution < 1.29 is 17.9 Å². The van der Waals surface area contributed by atoms with E-state index in [-0.39, 0.29) is 6.61 Å². The molecule has 16 heavy (non-hydrogen) atoms. The van der Waals surface area contributed by atoms with E-state index in [9.17, 15) is 12.8 Å². The SMILES string of the molecule is C[C@H](CO)NS(=O)(=O)c1ccc(Br)cc1F. The van der Waals surface area contributed by atoms with Gasteiger partial charge in [0, 0.05) is 10.5 Å². The Morgan fingerprint density at radius 3 is 2.69 bits per heavy atom. The Morgan fingerprint density at radius 2 is 2.19 bits per heavy atom. The van der Waals surface area contributed by atoms with Gasteiger partial charge in [0.1, 0.15) is 10.7 Å². The molecule has 1 aromatic rings. The average Bonchev–Trinajstić information content (AvgIpc) is 2.16. The molecular formula is C9H11BrFNO3S. The predicted molar refractivity (Wildman–Crippen MR) is 61.0 cm³/mol. The standard InChI is InChI=1S/C9H11BrFNO3S/c1-6(5-13)12-16(14,15)9-3-2-7(10)4-8(9)11/h2-4,6,12-13H,5H2,1H3/t6-/m1/s1. The van der Waals surface area contributed by atoms with Crippen molar-refractivity contribution in [3.63, 3.8) is 0 Å². The molecule has 7 heteroatoms. The van der Waals surface area contributed by atoms with E-state index in [2.05, 4.69) is 20.7 Å². The summed E-state index contributed by atoms with van der Waals surface area (Å²) in [6.07, 6.45) is 0. The van der Waals surface area contributed by atoms with Crippen molar-refractivity contribution >= 4 is 26.0 Å². The Bertz CT molecular complexity index is 478. The molecule has 1 rings (SSSR count). The highest BCUT2D eigenvalue weighted by molar-refractivity contribution is 9.10. The molecule has 0 fully saturated rings. The van der Waals surface area contributed by atoms with E-state index in [1.54, 1.807) is 0 Å². The van der Waals surface area contributed by atoms with Gasteiger partial charge in [0.2, 0.25) is 10.0 Å². The molecule has 0 aromatic heterocycles. The third-order valence-corrected chi connectivity index (χ3v) is 3.93. The van der Waals surface area contributed by atoms with Crippen LogP contribution in [0, 0.1) is 5.82 Å². The van der Waals surface area contributed by atoms with Crippen molar-refractivity contribution in [1.29, 1.82) is 0 Å². The highest BCUT2D eigenvalue weighted by Crippen LogP contribution is 2.19. The van der Waals surface area contributed by atoms with Gasteiger partial charge in [-0.15, -0.1) is 0 Å². The third kappa shape index (κ3) is 3.24. The van der Waals surface area contributed by atoms with Crippen molar-refractivity contribution in [3.8, 4) is 0 Å². The molecule has 1 atom stereocenters. The van der Waals surface area contributed by atoms with Gasteiger partial charge in [-0.3, -0.25) is 0 Å². The molecule has 0 saturated carbocycles. The molecule has 4 nitrogen and oxygen atoms in total. The zero-order chi connectivity index (χ0) is 12.3. The molecule has 1 aromatic carbocycles. The first-order valence-corrected chi connectivity index (χ1v) is 6.72. The van der Waals surface area contributed by atoms with E-state index < -0.39 is 26.8 Å². The van der Waals surface area contributed by atoms with Crippen LogP contribution in [0.25, 0.3) is 0 Å². The van der Waals surface area contributed by atoms with Gasteiger partial charge in [0.15, 0.2) is 0 Å². The summed E-state index contributed by atoms with van der Waals surface area (Å²) >= 11 is 3.03. The van der Waals surface area contributed by atoms with Crippen LogP contribution in [0.3, 0.4) is 0 Å². The van der Waals surface area contributed by atoms with E-state index in [0.29, 0.717) is 4.47 Å². The van der Waals surface area contributed by atoms with E-state index in [1.807, 2.05) is 0 Å². The molecule has 0 amide bonds. The topological polar surface area (TPSA) is 66.4 Å². The Hall–Kier alpha value is -0.500. The van der Waals surface area contributed by atoms with Gasteiger partial charge in [0.05, 0.1) is 6.61 Å². The number of nitrogens with one attached hydrogen (secondary N) is 1. The molecule has 0 aliphatic carbocycles. The summed E-state index contributed by atoms with van der Waals surface area (Å²) < 4.78 is 39.3.